The highest BCUT2D eigenvalue weighted by Gasteiger charge is 2.37. The molecule has 0 radical (unpaired) electrons. The molecule has 4 nitrogen and oxygen atoms in total. The third-order valence-electron chi connectivity index (χ3n) is 4.34. The van der Waals surface area contributed by atoms with Gasteiger partial charge in [0.2, 0.25) is 11.8 Å². The van der Waals surface area contributed by atoms with Gasteiger partial charge in [0.25, 0.3) is 0 Å². The van der Waals surface area contributed by atoms with Gasteiger partial charge in [-0.1, -0.05) is 28.1 Å². The number of hydrogen-bond donors (Lipinski definition) is 1. The van der Waals surface area contributed by atoms with E-state index in [1.54, 1.807) is 17.0 Å². The number of carbonyl (C=O) groups is 2. The number of rotatable bonds is 5. The van der Waals surface area contributed by atoms with Gasteiger partial charge in [-0.15, -0.1) is 0 Å². The fourth-order valence-electron chi connectivity index (χ4n) is 2.97. The molecular formula is C19H17Br2FN2O2. The first-order chi connectivity index (χ1) is 12.5. The Hall–Kier alpha value is -1.73. The lowest BCUT2D eigenvalue weighted by molar-refractivity contribution is -0.132. The summed E-state index contributed by atoms with van der Waals surface area (Å²) >= 11 is 6.54. The van der Waals surface area contributed by atoms with Crippen LogP contribution >= 0.6 is 31.9 Å². The Balaban J connectivity index is 1.55. The molecule has 1 aliphatic heterocycles. The zero-order valence-electron chi connectivity index (χ0n) is 13.8. The van der Waals surface area contributed by atoms with Gasteiger partial charge in [0.05, 0.1) is 4.47 Å². The molecule has 1 fully saturated rings. The van der Waals surface area contributed by atoms with E-state index >= 15 is 0 Å². The molecule has 2 aromatic rings. The molecule has 136 valence electrons. The van der Waals surface area contributed by atoms with E-state index in [4.69, 9.17) is 0 Å². The van der Waals surface area contributed by atoms with Gasteiger partial charge in [-0.2, -0.15) is 0 Å². The van der Waals surface area contributed by atoms with Crippen molar-refractivity contribution in [1.82, 2.24) is 5.32 Å². The van der Waals surface area contributed by atoms with Crippen molar-refractivity contribution < 1.29 is 14.0 Å². The minimum absolute atomic E-state index is 0.176. The molecule has 0 spiro atoms. The van der Waals surface area contributed by atoms with Gasteiger partial charge in [0.1, 0.15) is 11.7 Å². The second-order valence-electron chi connectivity index (χ2n) is 6.10. The molecule has 1 saturated heterocycles. The van der Waals surface area contributed by atoms with Crippen LogP contribution in [0.4, 0.5) is 10.1 Å². The number of anilines is 1. The molecule has 26 heavy (non-hydrogen) atoms. The third-order valence-corrected chi connectivity index (χ3v) is 5.44. The van der Waals surface area contributed by atoms with Crippen molar-refractivity contribution in [3.63, 3.8) is 0 Å². The molecule has 0 aromatic heterocycles. The Morgan fingerprint density at radius 3 is 2.77 bits per heavy atom. The number of nitrogens with one attached hydrogen (secondary N) is 1. The van der Waals surface area contributed by atoms with Crippen LogP contribution in [0.15, 0.2) is 51.4 Å². The lowest BCUT2D eigenvalue weighted by atomic mass is 10.1. The van der Waals surface area contributed by atoms with Gasteiger partial charge in [0, 0.05) is 23.2 Å². The maximum absolute atomic E-state index is 13.2. The standard InChI is InChI=1S/C19H17Br2FN2O2/c20-13-2-1-3-14(11-13)24-9-7-15(19(24)26)18(25)23-8-6-12-4-5-17(22)16(21)10-12/h1-5,10-11,15H,6-9H2,(H,23,25). The number of benzene rings is 2. The van der Waals surface area contributed by atoms with Crippen LogP contribution in [0.1, 0.15) is 12.0 Å². The Morgan fingerprint density at radius 2 is 2.04 bits per heavy atom. The predicted molar refractivity (Wildman–Crippen MR) is 105 cm³/mol. The molecule has 1 aliphatic rings. The van der Waals surface area contributed by atoms with Crippen molar-refractivity contribution >= 4 is 49.4 Å². The summed E-state index contributed by atoms with van der Waals surface area (Å²) in [5, 5.41) is 2.82. The Kier molecular flexibility index (Phi) is 6.09. The first kappa shape index (κ1) is 19.0. The van der Waals surface area contributed by atoms with Crippen LogP contribution in [-0.4, -0.2) is 24.9 Å². The van der Waals surface area contributed by atoms with Crippen LogP contribution in [0.5, 0.6) is 0 Å². The maximum Gasteiger partial charge on any atom is 0.239 e. The van der Waals surface area contributed by atoms with Crippen LogP contribution in [0, 0.1) is 11.7 Å². The van der Waals surface area contributed by atoms with E-state index in [2.05, 4.69) is 37.2 Å². The zero-order chi connectivity index (χ0) is 18.7. The van der Waals surface area contributed by atoms with E-state index in [-0.39, 0.29) is 17.6 Å². The molecule has 1 unspecified atom stereocenters. The van der Waals surface area contributed by atoms with E-state index in [0.29, 0.717) is 30.4 Å². The first-order valence-corrected chi connectivity index (χ1v) is 9.83. The van der Waals surface area contributed by atoms with Crippen LogP contribution in [0.2, 0.25) is 0 Å². The molecule has 0 saturated carbocycles. The van der Waals surface area contributed by atoms with E-state index in [1.807, 2.05) is 24.3 Å². The van der Waals surface area contributed by atoms with Crippen molar-refractivity contribution in [2.45, 2.75) is 12.8 Å². The van der Waals surface area contributed by atoms with Crippen LogP contribution in [-0.2, 0) is 16.0 Å². The van der Waals surface area contributed by atoms with Crippen LogP contribution in [0.25, 0.3) is 0 Å². The second-order valence-corrected chi connectivity index (χ2v) is 7.87. The number of hydrogen-bond acceptors (Lipinski definition) is 2. The minimum atomic E-state index is -0.658. The van der Waals surface area contributed by atoms with Crippen molar-refractivity contribution in [1.29, 1.82) is 0 Å². The summed E-state index contributed by atoms with van der Waals surface area (Å²) in [6, 6.07) is 12.2. The molecule has 2 amide bonds. The molecular weight excluding hydrogens is 467 g/mol. The predicted octanol–water partition coefficient (Wildman–Crippen LogP) is 4.06. The normalized spacial score (nSPS) is 16.8. The Bertz CT molecular complexity index is 844. The fourth-order valence-corrected chi connectivity index (χ4v) is 3.79. The largest absolute Gasteiger partial charge is 0.355 e. The Morgan fingerprint density at radius 1 is 1.23 bits per heavy atom. The first-order valence-electron chi connectivity index (χ1n) is 8.24. The number of amides is 2. The number of halogens is 3. The quantitative estimate of drug-likeness (QED) is 0.652. The average Bonchev–Trinajstić information content (AvgIpc) is 2.99. The molecule has 7 heteroatoms. The molecule has 0 aliphatic carbocycles. The molecule has 3 rings (SSSR count). The summed E-state index contributed by atoms with van der Waals surface area (Å²) in [6.07, 6.45) is 1.07. The van der Waals surface area contributed by atoms with E-state index in [1.165, 1.54) is 6.07 Å². The maximum atomic E-state index is 13.2. The molecule has 1 heterocycles. The lowest BCUT2D eigenvalue weighted by Crippen LogP contribution is -2.37. The van der Waals surface area contributed by atoms with Gasteiger partial charge >= 0.3 is 0 Å². The third kappa shape index (κ3) is 4.32. The van der Waals surface area contributed by atoms with E-state index < -0.39 is 5.92 Å². The summed E-state index contributed by atoms with van der Waals surface area (Å²) in [7, 11) is 0. The topological polar surface area (TPSA) is 49.4 Å². The fraction of sp³-hybridized carbons (Fsp3) is 0.263. The van der Waals surface area contributed by atoms with Gasteiger partial charge < -0.3 is 10.2 Å². The minimum Gasteiger partial charge on any atom is -0.355 e. The second kappa shape index (κ2) is 8.31. The summed E-state index contributed by atoms with van der Waals surface area (Å²) in [5.74, 6) is -1.41. The molecule has 1 atom stereocenters. The van der Waals surface area contributed by atoms with Crippen LogP contribution in [0.3, 0.4) is 0 Å². The van der Waals surface area contributed by atoms with Crippen molar-refractivity contribution in [2.24, 2.45) is 5.92 Å². The highest BCUT2D eigenvalue weighted by molar-refractivity contribution is 9.10. The van der Waals surface area contributed by atoms with Gasteiger partial charge in [-0.25, -0.2) is 4.39 Å². The SMILES string of the molecule is O=C(NCCc1ccc(F)c(Br)c1)C1CCN(c2cccc(Br)c2)C1=O. The van der Waals surface area contributed by atoms with Crippen LogP contribution < -0.4 is 10.2 Å². The lowest BCUT2D eigenvalue weighted by Gasteiger charge is -2.17. The number of nitrogens with zero attached hydrogens (tertiary/aromatic N) is 1. The molecule has 1 N–H and O–H groups in total. The average molecular weight is 484 g/mol. The highest BCUT2D eigenvalue weighted by Crippen LogP contribution is 2.27. The molecule has 0 bridgehead atoms. The van der Waals surface area contributed by atoms with E-state index in [9.17, 15) is 14.0 Å². The summed E-state index contributed by atoms with van der Waals surface area (Å²) in [4.78, 5) is 26.6. The van der Waals surface area contributed by atoms with Gasteiger partial charge in [-0.3, -0.25) is 9.59 Å². The molecule has 2 aromatic carbocycles. The van der Waals surface area contributed by atoms with Crippen molar-refractivity contribution in [2.75, 3.05) is 18.0 Å². The monoisotopic (exact) mass is 482 g/mol. The van der Waals surface area contributed by atoms with E-state index in [0.717, 1.165) is 15.7 Å². The smallest absolute Gasteiger partial charge is 0.239 e. The summed E-state index contributed by atoms with van der Waals surface area (Å²) in [5.41, 5.74) is 1.70. The summed E-state index contributed by atoms with van der Waals surface area (Å²) in [6.45, 7) is 0.926. The van der Waals surface area contributed by atoms with Crippen molar-refractivity contribution in [3.8, 4) is 0 Å². The summed E-state index contributed by atoms with van der Waals surface area (Å²) < 4.78 is 14.5. The highest BCUT2D eigenvalue weighted by atomic mass is 79.9. The Labute approximate surface area is 168 Å². The van der Waals surface area contributed by atoms with Crippen molar-refractivity contribution in [3.05, 3.63) is 62.8 Å². The van der Waals surface area contributed by atoms with Gasteiger partial charge in [-0.05, 0) is 64.7 Å². The number of carbonyl (C=O) groups excluding carboxylic acids is 2. The zero-order valence-corrected chi connectivity index (χ0v) is 17.0. The van der Waals surface area contributed by atoms with Gasteiger partial charge in [0.15, 0.2) is 0 Å².